The Morgan fingerprint density at radius 2 is 1.58 bits per heavy atom. The Balaban J connectivity index is 1.88. The third-order valence-electron chi connectivity index (χ3n) is 4.31. The van der Waals surface area contributed by atoms with Crippen LogP contribution in [0.3, 0.4) is 0 Å². The topological polar surface area (TPSA) is 30.9 Å². The van der Waals surface area contributed by atoms with Gasteiger partial charge in [-0.1, -0.05) is 24.3 Å². The first kappa shape index (κ1) is 16.5. The van der Waals surface area contributed by atoms with E-state index in [0.717, 1.165) is 43.5 Å². The van der Waals surface area contributed by atoms with Crippen molar-refractivity contribution in [3.63, 3.8) is 0 Å². The van der Waals surface area contributed by atoms with E-state index in [0.29, 0.717) is 0 Å². The summed E-state index contributed by atoms with van der Waals surface area (Å²) in [5, 5.41) is 3.53. The maximum absolute atomic E-state index is 4.91. The molecular weight excluding hydrogens is 296 g/mol. The van der Waals surface area contributed by atoms with Crippen LogP contribution in [0.15, 0.2) is 53.5 Å². The first-order chi connectivity index (χ1) is 11.6. The molecule has 0 radical (unpaired) electrons. The fourth-order valence-electron chi connectivity index (χ4n) is 2.87. The van der Waals surface area contributed by atoms with Gasteiger partial charge in [-0.2, -0.15) is 0 Å². The van der Waals surface area contributed by atoms with Crippen molar-refractivity contribution in [2.45, 2.75) is 13.8 Å². The highest BCUT2D eigenvalue weighted by molar-refractivity contribution is 5.95. The average Bonchev–Trinajstić information content (AvgIpc) is 2.55. The molecule has 1 saturated heterocycles. The van der Waals surface area contributed by atoms with Crippen LogP contribution in [0.4, 0.5) is 11.4 Å². The molecule has 0 spiro atoms. The number of rotatable bonds is 2. The maximum Gasteiger partial charge on any atom is 0.203 e. The lowest BCUT2D eigenvalue weighted by atomic mass is 10.2. The summed E-state index contributed by atoms with van der Waals surface area (Å²) in [4.78, 5) is 9.60. The molecule has 0 aromatic heterocycles. The molecule has 0 saturated carbocycles. The van der Waals surface area contributed by atoms with Gasteiger partial charge in [-0.3, -0.25) is 0 Å². The smallest absolute Gasteiger partial charge is 0.203 e. The highest BCUT2D eigenvalue weighted by Crippen LogP contribution is 2.17. The molecule has 0 atom stereocenters. The molecule has 0 aliphatic carbocycles. The number of aliphatic imine (C=N–C) groups is 1. The van der Waals surface area contributed by atoms with Crippen LogP contribution >= 0.6 is 0 Å². The Morgan fingerprint density at radius 3 is 2.25 bits per heavy atom. The van der Waals surface area contributed by atoms with Crippen LogP contribution < -0.4 is 5.32 Å². The van der Waals surface area contributed by atoms with Gasteiger partial charge in [-0.15, -0.1) is 0 Å². The molecule has 0 unspecified atom stereocenters. The second-order valence-electron chi connectivity index (χ2n) is 6.56. The molecule has 0 bridgehead atoms. The number of benzene rings is 2. The second-order valence-corrected chi connectivity index (χ2v) is 6.56. The minimum Gasteiger partial charge on any atom is -0.340 e. The van der Waals surface area contributed by atoms with Gasteiger partial charge < -0.3 is 15.1 Å². The number of piperazine rings is 1. The molecule has 4 heteroatoms. The molecule has 2 aromatic rings. The van der Waals surface area contributed by atoms with E-state index in [1.807, 2.05) is 0 Å². The lowest BCUT2D eigenvalue weighted by Gasteiger charge is -2.34. The third kappa shape index (κ3) is 4.36. The van der Waals surface area contributed by atoms with E-state index in [9.17, 15) is 0 Å². The predicted octanol–water partition coefficient (Wildman–Crippen LogP) is 3.65. The van der Waals surface area contributed by atoms with Gasteiger partial charge in [0, 0.05) is 31.9 Å². The summed E-state index contributed by atoms with van der Waals surface area (Å²) in [6.07, 6.45) is 0. The van der Waals surface area contributed by atoms with Gasteiger partial charge in [0.05, 0.1) is 5.69 Å². The van der Waals surface area contributed by atoms with Crippen LogP contribution in [0.25, 0.3) is 0 Å². The monoisotopic (exact) mass is 322 g/mol. The van der Waals surface area contributed by atoms with Crippen LogP contribution in [-0.2, 0) is 0 Å². The summed E-state index contributed by atoms with van der Waals surface area (Å²) < 4.78 is 0. The zero-order chi connectivity index (χ0) is 16.9. The minimum atomic E-state index is 0.930. The molecular formula is C20H26N4. The van der Waals surface area contributed by atoms with Crippen LogP contribution in [0, 0.1) is 13.8 Å². The number of anilines is 1. The van der Waals surface area contributed by atoms with Crippen molar-refractivity contribution in [2.24, 2.45) is 4.99 Å². The van der Waals surface area contributed by atoms with Crippen molar-refractivity contribution in [2.75, 3.05) is 38.5 Å². The largest absolute Gasteiger partial charge is 0.340 e. The van der Waals surface area contributed by atoms with E-state index >= 15 is 0 Å². The zero-order valence-corrected chi connectivity index (χ0v) is 14.8. The molecule has 24 heavy (non-hydrogen) atoms. The Hall–Kier alpha value is -2.33. The van der Waals surface area contributed by atoms with Crippen molar-refractivity contribution in [1.29, 1.82) is 0 Å². The molecule has 3 rings (SSSR count). The van der Waals surface area contributed by atoms with E-state index in [1.54, 1.807) is 0 Å². The van der Waals surface area contributed by atoms with Crippen LogP contribution in [0.2, 0.25) is 0 Å². The van der Waals surface area contributed by atoms with Crippen LogP contribution in [-0.4, -0.2) is 49.0 Å². The number of hydrogen-bond acceptors (Lipinski definition) is 2. The quantitative estimate of drug-likeness (QED) is 0.676. The number of nitrogens with one attached hydrogen (secondary N) is 1. The van der Waals surface area contributed by atoms with Crippen molar-refractivity contribution in [3.05, 3.63) is 59.7 Å². The van der Waals surface area contributed by atoms with Gasteiger partial charge in [0.2, 0.25) is 5.96 Å². The third-order valence-corrected chi connectivity index (χ3v) is 4.31. The van der Waals surface area contributed by atoms with Gasteiger partial charge in [0.15, 0.2) is 0 Å². The zero-order valence-electron chi connectivity index (χ0n) is 14.8. The summed E-state index contributed by atoms with van der Waals surface area (Å²) in [5.41, 5.74) is 4.54. The predicted molar refractivity (Wildman–Crippen MR) is 102 cm³/mol. The second kappa shape index (κ2) is 7.49. The Morgan fingerprint density at radius 1 is 0.917 bits per heavy atom. The van der Waals surface area contributed by atoms with E-state index < -0.39 is 0 Å². The normalized spacial score (nSPS) is 16.3. The number of guanidine groups is 1. The average molecular weight is 322 g/mol. The first-order valence-electron chi connectivity index (χ1n) is 8.53. The van der Waals surface area contributed by atoms with E-state index in [4.69, 9.17) is 4.99 Å². The van der Waals surface area contributed by atoms with Crippen molar-refractivity contribution >= 4 is 17.3 Å². The van der Waals surface area contributed by atoms with Gasteiger partial charge in [-0.25, -0.2) is 4.99 Å². The first-order valence-corrected chi connectivity index (χ1v) is 8.53. The van der Waals surface area contributed by atoms with Crippen LogP contribution in [0.5, 0.6) is 0 Å². The van der Waals surface area contributed by atoms with Gasteiger partial charge >= 0.3 is 0 Å². The summed E-state index contributed by atoms with van der Waals surface area (Å²) >= 11 is 0. The number of likely N-dealkylation sites (N-methyl/N-ethyl adjacent to an activating group) is 1. The molecule has 2 aromatic carbocycles. The Labute approximate surface area is 144 Å². The van der Waals surface area contributed by atoms with Crippen molar-refractivity contribution in [1.82, 2.24) is 9.80 Å². The summed E-state index contributed by atoms with van der Waals surface area (Å²) in [7, 11) is 2.17. The van der Waals surface area contributed by atoms with Crippen molar-refractivity contribution in [3.8, 4) is 0 Å². The lowest BCUT2D eigenvalue weighted by molar-refractivity contribution is 0.215. The summed E-state index contributed by atoms with van der Waals surface area (Å²) in [6.45, 7) is 8.30. The number of aryl methyl sites for hydroxylation is 2. The molecule has 1 heterocycles. The standard InChI is InChI=1S/C20H26N4/c1-16-6-4-8-18(14-16)21-20(24-12-10-23(3)11-13-24)22-19-9-5-7-17(2)15-19/h4-9,14-15H,10-13H2,1-3H3,(H,21,22). The summed E-state index contributed by atoms with van der Waals surface area (Å²) in [5.74, 6) is 0.930. The van der Waals surface area contributed by atoms with E-state index in [2.05, 4.69) is 84.5 Å². The Kier molecular flexibility index (Phi) is 5.16. The lowest BCUT2D eigenvalue weighted by Crippen LogP contribution is -2.49. The highest BCUT2D eigenvalue weighted by atomic mass is 15.3. The van der Waals surface area contributed by atoms with Gasteiger partial charge in [0.25, 0.3) is 0 Å². The van der Waals surface area contributed by atoms with E-state index in [-0.39, 0.29) is 0 Å². The number of nitrogens with zero attached hydrogens (tertiary/aromatic N) is 3. The van der Waals surface area contributed by atoms with Gasteiger partial charge in [-0.05, 0) is 56.3 Å². The molecule has 1 N–H and O–H groups in total. The highest BCUT2D eigenvalue weighted by Gasteiger charge is 2.18. The fraction of sp³-hybridized carbons (Fsp3) is 0.350. The number of hydrogen-bond donors (Lipinski definition) is 1. The molecule has 0 amide bonds. The molecule has 4 nitrogen and oxygen atoms in total. The SMILES string of the molecule is Cc1cccc(N=C(Nc2cccc(C)c2)N2CCN(C)CC2)c1. The molecule has 1 aliphatic heterocycles. The van der Waals surface area contributed by atoms with E-state index in [1.165, 1.54) is 11.1 Å². The molecule has 1 aliphatic rings. The van der Waals surface area contributed by atoms with Crippen LogP contribution in [0.1, 0.15) is 11.1 Å². The fourth-order valence-corrected chi connectivity index (χ4v) is 2.87. The summed E-state index contributed by atoms with van der Waals surface area (Å²) in [6, 6.07) is 16.8. The Bertz CT molecular complexity index is 715. The maximum atomic E-state index is 4.91. The molecule has 126 valence electrons. The molecule has 1 fully saturated rings. The van der Waals surface area contributed by atoms with Gasteiger partial charge in [0.1, 0.15) is 0 Å². The van der Waals surface area contributed by atoms with Crippen molar-refractivity contribution < 1.29 is 0 Å². The minimum absolute atomic E-state index is 0.930.